The Morgan fingerprint density at radius 3 is 2.81 bits per heavy atom. The summed E-state index contributed by atoms with van der Waals surface area (Å²) in [4.78, 5) is 34.5. The van der Waals surface area contributed by atoms with Crippen molar-refractivity contribution < 1.29 is 23.5 Å². The zero-order valence-electron chi connectivity index (χ0n) is 11.1. The number of anilines is 1. The van der Waals surface area contributed by atoms with Gasteiger partial charge < -0.3 is 10.1 Å². The van der Waals surface area contributed by atoms with Crippen molar-refractivity contribution in [3.63, 3.8) is 0 Å². The maximum absolute atomic E-state index is 14.1. The standard InChI is InChI=1S/C13H12FN3O4/c1-21-12(20)15-9-4-6-2-3-13(7(6)5-8(9)14)10(18)16-11(19)17-13/h4-5H,2-3H2,1H3,(H,15,20)(H2,16,17,18,19)/t13-/m0/s1. The average molecular weight is 293 g/mol. The van der Waals surface area contributed by atoms with Gasteiger partial charge in [0.1, 0.15) is 11.4 Å². The highest BCUT2D eigenvalue weighted by Crippen LogP contribution is 2.41. The number of amides is 4. The molecule has 7 nitrogen and oxygen atoms in total. The number of methoxy groups -OCH3 is 1. The Labute approximate surface area is 118 Å². The number of carbonyl (C=O) groups is 3. The van der Waals surface area contributed by atoms with Gasteiger partial charge in [0.15, 0.2) is 0 Å². The fourth-order valence-electron chi connectivity index (χ4n) is 2.79. The normalized spacial score (nSPS) is 22.8. The molecule has 1 aliphatic carbocycles. The topological polar surface area (TPSA) is 96.5 Å². The minimum atomic E-state index is -1.21. The molecule has 1 atom stereocenters. The second kappa shape index (κ2) is 4.44. The summed E-state index contributed by atoms with van der Waals surface area (Å²) in [5.74, 6) is -1.19. The quantitative estimate of drug-likeness (QED) is 0.673. The number of aryl methyl sites for hydroxylation is 1. The first-order valence-electron chi connectivity index (χ1n) is 6.28. The number of hydrogen-bond acceptors (Lipinski definition) is 4. The third-order valence-electron chi connectivity index (χ3n) is 3.79. The van der Waals surface area contributed by atoms with E-state index in [9.17, 15) is 18.8 Å². The number of rotatable bonds is 1. The highest BCUT2D eigenvalue weighted by Gasteiger charge is 2.51. The first-order chi connectivity index (χ1) is 9.96. The van der Waals surface area contributed by atoms with Crippen LogP contribution in [0.15, 0.2) is 12.1 Å². The van der Waals surface area contributed by atoms with Gasteiger partial charge in [-0.2, -0.15) is 0 Å². The van der Waals surface area contributed by atoms with Crippen LogP contribution in [0.5, 0.6) is 0 Å². The lowest BCUT2D eigenvalue weighted by molar-refractivity contribution is -0.124. The van der Waals surface area contributed by atoms with E-state index in [1.165, 1.54) is 19.2 Å². The molecular formula is C13H12FN3O4. The summed E-state index contributed by atoms with van der Waals surface area (Å²) in [5.41, 5.74) is -0.127. The molecule has 1 aromatic rings. The molecule has 1 spiro atoms. The Morgan fingerprint density at radius 1 is 1.43 bits per heavy atom. The molecule has 110 valence electrons. The molecule has 21 heavy (non-hydrogen) atoms. The van der Waals surface area contributed by atoms with Crippen molar-refractivity contribution in [2.75, 3.05) is 12.4 Å². The van der Waals surface area contributed by atoms with Crippen LogP contribution in [-0.4, -0.2) is 25.1 Å². The highest BCUT2D eigenvalue weighted by molar-refractivity contribution is 6.08. The van der Waals surface area contributed by atoms with E-state index in [4.69, 9.17) is 0 Å². The van der Waals surface area contributed by atoms with Crippen molar-refractivity contribution in [3.05, 3.63) is 29.1 Å². The van der Waals surface area contributed by atoms with Gasteiger partial charge in [-0.15, -0.1) is 0 Å². The molecule has 2 aliphatic rings. The van der Waals surface area contributed by atoms with Crippen LogP contribution in [0.1, 0.15) is 17.5 Å². The van der Waals surface area contributed by atoms with E-state index in [0.717, 1.165) is 0 Å². The molecule has 3 N–H and O–H groups in total. The highest BCUT2D eigenvalue weighted by atomic mass is 19.1. The number of nitrogens with one attached hydrogen (secondary N) is 3. The molecule has 1 aliphatic heterocycles. The number of hydrogen-bond donors (Lipinski definition) is 3. The van der Waals surface area contributed by atoms with E-state index >= 15 is 0 Å². The van der Waals surface area contributed by atoms with E-state index in [1.54, 1.807) is 0 Å². The maximum Gasteiger partial charge on any atom is 0.411 e. The number of ether oxygens (including phenoxy) is 1. The number of imide groups is 1. The molecule has 0 bridgehead atoms. The van der Waals surface area contributed by atoms with Crippen LogP contribution in [0.2, 0.25) is 0 Å². The van der Waals surface area contributed by atoms with Crippen LogP contribution < -0.4 is 16.0 Å². The largest absolute Gasteiger partial charge is 0.453 e. The van der Waals surface area contributed by atoms with Gasteiger partial charge in [-0.1, -0.05) is 0 Å². The zero-order chi connectivity index (χ0) is 15.2. The van der Waals surface area contributed by atoms with Gasteiger partial charge >= 0.3 is 12.1 Å². The number of halogens is 1. The summed E-state index contributed by atoms with van der Waals surface area (Å²) in [5, 5.41) is 6.98. The fourth-order valence-corrected chi connectivity index (χ4v) is 2.79. The van der Waals surface area contributed by atoms with Crippen molar-refractivity contribution in [2.45, 2.75) is 18.4 Å². The third-order valence-corrected chi connectivity index (χ3v) is 3.79. The van der Waals surface area contributed by atoms with Crippen molar-refractivity contribution in [3.8, 4) is 0 Å². The molecule has 4 amide bonds. The second-order valence-corrected chi connectivity index (χ2v) is 4.92. The maximum atomic E-state index is 14.1. The summed E-state index contributed by atoms with van der Waals surface area (Å²) in [7, 11) is 1.17. The van der Waals surface area contributed by atoms with Gasteiger partial charge in [-0.25, -0.2) is 14.0 Å². The van der Waals surface area contributed by atoms with E-state index in [0.29, 0.717) is 24.0 Å². The third kappa shape index (κ3) is 1.91. The Bertz CT molecular complexity index is 676. The van der Waals surface area contributed by atoms with Crippen LogP contribution in [0.25, 0.3) is 0 Å². The Kier molecular flexibility index (Phi) is 2.82. The van der Waals surface area contributed by atoms with Crippen LogP contribution in [0.4, 0.5) is 19.7 Å². The number of benzene rings is 1. The first-order valence-corrected chi connectivity index (χ1v) is 6.28. The van der Waals surface area contributed by atoms with Crippen molar-refractivity contribution in [2.24, 2.45) is 0 Å². The monoisotopic (exact) mass is 293 g/mol. The fraction of sp³-hybridized carbons (Fsp3) is 0.308. The van der Waals surface area contributed by atoms with Gasteiger partial charge in [0.25, 0.3) is 5.91 Å². The Hall–Kier alpha value is -2.64. The molecule has 1 fully saturated rings. The van der Waals surface area contributed by atoms with Crippen LogP contribution in [0.3, 0.4) is 0 Å². The summed E-state index contributed by atoms with van der Waals surface area (Å²) < 4.78 is 18.5. The lowest BCUT2D eigenvalue weighted by Gasteiger charge is -2.21. The van der Waals surface area contributed by atoms with Crippen molar-refractivity contribution in [1.29, 1.82) is 0 Å². The molecular weight excluding hydrogens is 281 g/mol. The zero-order valence-corrected chi connectivity index (χ0v) is 11.1. The molecule has 8 heteroatoms. The minimum absolute atomic E-state index is 0.0256. The van der Waals surface area contributed by atoms with E-state index in [1.807, 2.05) is 0 Å². The van der Waals surface area contributed by atoms with E-state index < -0.39 is 29.4 Å². The number of fused-ring (bicyclic) bond motifs is 2. The van der Waals surface area contributed by atoms with Crippen LogP contribution in [-0.2, 0) is 21.5 Å². The lowest BCUT2D eigenvalue weighted by atomic mass is 9.92. The number of carbonyl (C=O) groups excluding carboxylic acids is 3. The summed E-state index contributed by atoms with van der Waals surface area (Å²) in [6, 6.07) is 2.03. The predicted molar refractivity (Wildman–Crippen MR) is 69.1 cm³/mol. The molecule has 0 saturated carbocycles. The SMILES string of the molecule is COC(=O)Nc1cc2c(cc1F)[C@]1(CC2)NC(=O)NC1=O. The summed E-state index contributed by atoms with van der Waals surface area (Å²) in [6.07, 6.45) is 0.0497. The molecule has 3 rings (SSSR count). The molecule has 1 aromatic carbocycles. The van der Waals surface area contributed by atoms with Gasteiger partial charge in [0.2, 0.25) is 0 Å². The van der Waals surface area contributed by atoms with Gasteiger partial charge in [0.05, 0.1) is 12.8 Å². The molecule has 0 aromatic heterocycles. The van der Waals surface area contributed by atoms with E-state index in [-0.39, 0.29) is 5.69 Å². The van der Waals surface area contributed by atoms with Gasteiger partial charge in [-0.05, 0) is 36.1 Å². The molecule has 1 heterocycles. The molecule has 0 unspecified atom stereocenters. The summed E-state index contributed by atoms with van der Waals surface area (Å²) in [6.45, 7) is 0. The molecule has 0 radical (unpaired) electrons. The van der Waals surface area contributed by atoms with Crippen LogP contribution >= 0.6 is 0 Å². The summed E-state index contributed by atoms with van der Waals surface area (Å²) >= 11 is 0. The average Bonchev–Trinajstić information content (AvgIpc) is 2.92. The van der Waals surface area contributed by atoms with Gasteiger partial charge in [0, 0.05) is 0 Å². The Morgan fingerprint density at radius 2 is 2.19 bits per heavy atom. The smallest absolute Gasteiger partial charge is 0.411 e. The van der Waals surface area contributed by atoms with E-state index in [2.05, 4.69) is 20.7 Å². The van der Waals surface area contributed by atoms with Crippen LogP contribution in [0, 0.1) is 5.82 Å². The van der Waals surface area contributed by atoms with Crippen molar-refractivity contribution >= 4 is 23.7 Å². The first kappa shape index (κ1) is 13.3. The minimum Gasteiger partial charge on any atom is -0.453 e. The van der Waals surface area contributed by atoms with Gasteiger partial charge in [-0.3, -0.25) is 15.4 Å². The predicted octanol–water partition coefficient (Wildman–Crippen LogP) is 0.985. The Balaban J connectivity index is 2.02. The van der Waals surface area contributed by atoms with Crippen molar-refractivity contribution in [1.82, 2.24) is 10.6 Å². The second-order valence-electron chi connectivity index (χ2n) is 4.92. The number of urea groups is 1. The molecule has 1 saturated heterocycles. The lowest BCUT2D eigenvalue weighted by Crippen LogP contribution is -2.41.